The summed E-state index contributed by atoms with van der Waals surface area (Å²) in [7, 11) is 0. The second kappa shape index (κ2) is 6.49. The SMILES string of the molecule is Cc1c(NCCN2CCNCC2)cccc1[N+](=O)[O-]. The Balaban J connectivity index is 1.88. The summed E-state index contributed by atoms with van der Waals surface area (Å²) in [5.41, 5.74) is 1.73. The fourth-order valence-electron chi connectivity index (χ4n) is 2.30. The van der Waals surface area contributed by atoms with Gasteiger partial charge in [0, 0.05) is 56.6 Å². The summed E-state index contributed by atoms with van der Waals surface area (Å²) in [5, 5.41) is 17.5. The van der Waals surface area contributed by atoms with E-state index in [9.17, 15) is 10.1 Å². The van der Waals surface area contributed by atoms with Crippen LogP contribution in [0.5, 0.6) is 0 Å². The molecule has 6 heteroatoms. The average molecular weight is 264 g/mol. The molecule has 0 bridgehead atoms. The van der Waals surface area contributed by atoms with Gasteiger partial charge in [-0.3, -0.25) is 15.0 Å². The van der Waals surface area contributed by atoms with Crippen molar-refractivity contribution < 1.29 is 4.92 Å². The van der Waals surface area contributed by atoms with Crippen molar-refractivity contribution in [3.05, 3.63) is 33.9 Å². The molecule has 1 fully saturated rings. The van der Waals surface area contributed by atoms with Crippen LogP contribution in [0.25, 0.3) is 0 Å². The molecule has 2 N–H and O–H groups in total. The van der Waals surface area contributed by atoms with Crippen LogP contribution in [-0.2, 0) is 0 Å². The number of rotatable bonds is 5. The van der Waals surface area contributed by atoms with Crippen molar-refractivity contribution in [3.63, 3.8) is 0 Å². The highest BCUT2D eigenvalue weighted by atomic mass is 16.6. The zero-order chi connectivity index (χ0) is 13.7. The summed E-state index contributed by atoms with van der Waals surface area (Å²) in [5.74, 6) is 0. The van der Waals surface area contributed by atoms with Gasteiger partial charge in [-0.25, -0.2) is 0 Å². The fourth-order valence-corrected chi connectivity index (χ4v) is 2.30. The lowest BCUT2D eigenvalue weighted by Gasteiger charge is -2.27. The minimum Gasteiger partial charge on any atom is -0.383 e. The van der Waals surface area contributed by atoms with Crippen molar-refractivity contribution in [1.82, 2.24) is 10.2 Å². The van der Waals surface area contributed by atoms with Gasteiger partial charge in [-0.15, -0.1) is 0 Å². The van der Waals surface area contributed by atoms with Crippen LogP contribution < -0.4 is 10.6 Å². The standard InChI is InChI=1S/C13H20N4O2/c1-11-12(3-2-4-13(11)17(18)19)15-7-10-16-8-5-14-6-9-16/h2-4,14-15H,5-10H2,1H3. The lowest BCUT2D eigenvalue weighted by molar-refractivity contribution is -0.385. The minimum atomic E-state index is -0.336. The maximum Gasteiger partial charge on any atom is 0.274 e. The number of nitro benzene ring substituents is 1. The second-order valence-electron chi connectivity index (χ2n) is 4.73. The van der Waals surface area contributed by atoms with Crippen LogP contribution in [0, 0.1) is 17.0 Å². The van der Waals surface area contributed by atoms with Gasteiger partial charge in [0.25, 0.3) is 5.69 Å². The van der Waals surface area contributed by atoms with E-state index >= 15 is 0 Å². The summed E-state index contributed by atoms with van der Waals surface area (Å²) in [6.07, 6.45) is 0. The molecule has 0 unspecified atom stereocenters. The molecule has 2 rings (SSSR count). The predicted octanol–water partition coefficient (Wildman–Crippen LogP) is 1.22. The Labute approximate surface area is 112 Å². The third kappa shape index (κ3) is 3.65. The van der Waals surface area contributed by atoms with Gasteiger partial charge < -0.3 is 10.6 Å². The van der Waals surface area contributed by atoms with Crippen LogP contribution in [0.3, 0.4) is 0 Å². The summed E-state index contributed by atoms with van der Waals surface area (Å²) < 4.78 is 0. The molecule has 0 spiro atoms. The summed E-state index contributed by atoms with van der Waals surface area (Å²) in [4.78, 5) is 12.9. The number of nitrogens with zero attached hydrogens (tertiary/aromatic N) is 2. The number of hydrogen-bond donors (Lipinski definition) is 2. The highest BCUT2D eigenvalue weighted by Crippen LogP contribution is 2.24. The highest BCUT2D eigenvalue weighted by Gasteiger charge is 2.13. The van der Waals surface area contributed by atoms with E-state index < -0.39 is 0 Å². The largest absolute Gasteiger partial charge is 0.383 e. The van der Waals surface area contributed by atoms with E-state index in [0.717, 1.165) is 45.0 Å². The molecule has 1 aromatic rings. The third-order valence-corrected chi connectivity index (χ3v) is 3.45. The van der Waals surface area contributed by atoms with Crippen molar-refractivity contribution in [2.45, 2.75) is 6.92 Å². The predicted molar refractivity (Wildman–Crippen MR) is 75.6 cm³/mol. The average Bonchev–Trinajstić information content (AvgIpc) is 2.41. The van der Waals surface area contributed by atoms with Gasteiger partial charge in [-0.2, -0.15) is 0 Å². The van der Waals surface area contributed by atoms with E-state index in [1.54, 1.807) is 13.0 Å². The lowest BCUT2D eigenvalue weighted by atomic mass is 10.1. The van der Waals surface area contributed by atoms with Crippen LogP contribution >= 0.6 is 0 Å². The normalized spacial score (nSPS) is 16.3. The van der Waals surface area contributed by atoms with Gasteiger partial charge in [0.15, 0.2) is 0 Å². The molecule has 0 atom stereocenters. The zero-order valence-corrected chi connectivity index (χ0v) is 11.2. The molecule has 1 aromatic carbocycles. The molecule has 0 amide bonds. The number of anilines is 1. The lowest BCUT2D eigenvalue weighted by Crippen LogP contribution is -2.45. The quantitative estimate of drug-likeness (QED) is 0.618. The Morgan fingerprint density at radius 2 is 2.16 bits per heavy atom. The molecule has 1 saturated heterocycles. The third-order valence-electron chi connectivity index (χ3n) is 3.45. The van der Waals surface area contributed by atoms with E-state index in [1.807, 2.05) is 6.07 Å². The van der Waals surface area contributed by atoms with Crippen molar-refractivity contribution in [2.75, 3.05) is 44.6 Å². The van der Waals surface area contributed by atoms with Crippen molar-refractivity contribution >= 4 is 11.4 Å². The molecule has 0 aliphatic carbocycles. The molecule has 0 saturated carbocycles. The summed E-state index contributed by atoms with van der Waals surface area (Å²) in [6.45, 7) is 7.76. The number of benzene rings is 1. The van der Waals surface area contributed by atoms with Crippen molar-refractivity contribution in [2.24, 2.45) is 0 Å². The number of nitro groups is 1. The smallest absolute Gasteiger partial charge is 0.274 e. The van der Waals surface area contributed by atoms with Gasteiger partial charge >= 0.3 is 0 Å². The first-order valence-electron chi connectivity index (χ1n) is 6.59. The molecule has 6 nitrogen and oxygen atoms in total. The van der Waals surface area contributed by atoms with Crippen LogP contribution in [0.2, 0.25) is 0 Å². The van der Waals surface area contributed by atoms with E-state index in [0.29, 0.717) is 5.56 Å². The minimum absolute atomic E-state index is 0.173. The molecular weight excluding hydrogens is 244 g/mol. The molecule has 104 valence electrons. The summed E-state index contributed by atoms with van der Waals surface area (Å²) >= 11 is 0. The first kappa shape index (κ1) is 13.8. The number of nitrogens with one attached hydrogen (secondary N) is 2. The molecular formula is C13H20N4O2. The van der Waals surface area contributed by atoms with Gasteiger partial charge in [0.2, 0.25) is 0 Å². The Kier molecular flexibility index (Phi) is 4.70. The highest BCUT2D eigenvalue weighted by molar-refractivity contribution is 5.59. The van der Waals surface area contributed by atoms with E-state index in [4.69, 9.17) is 0 Å². The van der Waals surface area contributed by atoms with E-state index in [1.165, 1.54) is 6.07 Å². The van der Waals surface area contributed by atoms with Crippen LogP contribution in [-0.4, -0.2) is 49.1 Å². The Morgan fingerprint density at radius 1 is 1.42 bits per heavy atom. The van der Waals surface area contributed by atoms with E-state index in [-0.39, 0.29) is 10.6 Å². The number of hydrogen-bond acceptors (Lipinski definition) is 5. The van der Waals surface area contributed by atoms with Crippen molar-refractivity contribution in [3.8, 4) is 0 Å². The van der Waals surface area contributed by atoms with Gasteiger partial charge in [-0.1, -0.05) is 6.07 Å². The van der Waals surface area contributed by atoms with E-state index in [2.05, 4.69) is 15.5 Å². The maximum absolute atomic E-state index is 10.9. The zero-order valence-electron chi connectivity index (χ0n) is 11.2. The monoisotopic (exact) mass is 264 g/mol. The van der Waals surface area contributed by atoms with Crippen LogP contribution in [0.15, 0.2) is 18.2 Å². The van der Waals surface area contributed by atoms with Gasteiger partial charge in [-0.05, 0) is 13.0 Å². The number of piperazine rings is 1. The Hall–Kier alpha value is -1.66. The Bertz CT molecular complexity index is 444. The fraction of sp³-hybridized carbons (Fsp3) is 0.538. The first-order valence-corrected chi connectivity index (χ1v) is 6.59. The molecule has 1 heterocycles. The topological polar surface area (TPSA) is 70.4 Å². The summed E-state index contributed by atoms with van der Waals surface area (Å²) in [6, 6.07) is 5.15. The first-order chi connectivity index (χ1) is 9.18. The van der Waals surface area contributed by atoms with Crippen LogP contribution in [0.4, 0.5) is 11.4 Å². The van der Waals surface area contributed by atoms with Gasteiger partial charge in [0.1, 0.15) is 0 Å². The Morgan fingerprint density at radius 3 is 2.84 bits per heavy atom. The van der Waals surface area contributed by atoms with Crippen molar-refractivity contribution in [1.29, 1.82) is 0 Å². The van der Waals surface area contributed by atoms with Gasteiger partial charge in [0.05, 0.1) is 4.92 Å². The molecule has 0 radical (unpaired) electrons. The van der Waals surface area contributed by atoms with Crippen LogP contribution in [0.1, 0.15) is 5.56 Å². The molecule has 1 aliphatic rings. The molecule has 19 heavy (non-hydrogen) atoms. The second-order valence-corrected chi connectivity index (χ2v) is 4.73. The molecule has 1 aliphatic heterocycles. The molecule has 0 aromatic heterocycles. The maximum atomic E-state index is 10.9.